The molecule has 6 nitrogen and oxygen atoms in total. The number of hydrogen-bond acceptors (Lipinski definition) is 4. The first kappa shape index (κ1) is 15.8. The third kappa shape index (κ3) is 2.80. The fraction of sp³-hybridized carbons (Fsp3) is 0.267. The molecule has 1 aliphatic rings. The summed E-state index contributed by atoms with van der Waals surface area (Å²) in [6.45, 7) is 2.16. The minimum absolute atomic E-state index is 0.172. The molecule has 0 unspecified atom stereocenters. The highest BCUT2D eigenvalue weighted by Gasteiger charge is 2.31. The molecule has 0 saturated heterocycles. The predicted molar refractivity (Wildman–Crippen MR) is 86.2 cm³/mol. The molecule has 0 spiro atoms. The van der Waals surface area contributed by atoms with Gasteiger partial charge in [0.15, 0.2) is 10.5 Å². The average Bonchev–Trinajstić information content (AvgIpc) is 2.98. The van der Waals surface area contributed by atoms with Crippen LogP contribution in [0.4, 0.5) is 5.69 Å². The van der Waals surface area contributed by atoms with E-state index >= 15 is 0 Å². The fourth-order valence-corrected chi connectivity index (χ4v) is 2.71. The molecule has 23 heavy (non-hydrogen) atoms. The molecule has 8 heteroatoms. The van der Waals surface area contributed by atoms with Crippen LogP contribution in [0.25, 0.3) is 5.69 Å². The third-order valence-corrected chi connectivity index (χ3v) is 3.82. The predicted octanol–water partition coefficient (Wildman–Crippen LogP) is 2.70. The Morgan fingerprint density at radius 2 is 2.00 bits per heavy atom. The minimum Gasteiger partial charge on any atom is -0.461 e. The Labute approximate surface area is 142 Å². The number of alkyl halides is 2. The molecule has 0 saturated carbocycles. The van der Waals surface area contributed by atoms with Crippen LogP contribution in [0.15, 0.2) is 30.5 Å². The number of carbonyl (C=O) groups excluding carboxylic acids is 2. The summed E-state index contributed by atoms with van der Waals surface area (Å²) < 4.78 is 6.74. The number of anilines is 1. The first-order valence-corrected chi connectivity index (χ1v) is 7.84. The Morgan fingerprint density at radius 3 is 2.65 bits per heavy atom. The second kappa shape index (κ2) is 6.22. The third-order valence-electron chi connectivity index (χ3n) is 3.45. The summed E-state index contributed by atoms with van der Waals surface area (Å²) in [5.74, 6) is -0.404. The van der Waals surface area contributed by atoms with E-state index < -0.39 is 16.7 Å². The van der Waals surface area contributed by atoms with Crippen molar-refractivity contribution in [1.29, 1.82) is 0 Å². The topological polar surface area (TPSA) is 64.4 Å². The van der Waals surface area contributed by atoms with Crippen molar-refractivity contribution in [2.45, 2.75) is 18.3 Å². The normalized spacial score (nSPS) is 12.8. The van der Waals surface area contributed by atoms with Crippen molar-refractivity contribution in [3.63, 3.8) is 0 Å². The summed E-state index contributed by atoms with van der Waals surface area (Å²) in [5.41, 5.74) is 1.57. The van der Waals surface area contributed by atoms with Crippen molar-refractivity contribution in [3.05, 3.63) is 42.0 Å². The zero-order valence-corrected chi connectivity index (χ0v) is 13.7. The molecule has 0 atom stereocenters. The standard InChI is InChI=1S/C15H13Cl2N3O3/c1-2-23-15(22)9-7-19-10-5-3-4-6-11(10)20(8-12(19)18-9)14(21)13(16)17/h3-7,13H,2,8H2,1H3. The number of rotatable bonds is 3. The van der Waals surface area contributed by atoms with Gasteiger partial charge in [-0.05, 0) is 19.1 Å². The molecule has 1 aliphatic heterocycles. The van der Waals surface area contributed by atoms with Gasteiger partial charge < -0.3 is 9.64 Å². The monoisotopic (exact) mass is 353 g/mol. The number of benzene rings is 1. The van der Waals surface area contributed by atoms with E-state index in [0.29, 0.717) is 11.5 Å². The smallest absolute Gasteiger partial charge is 0.358 e. The largest absolute Gasteiger partial charge is 0.461 e. The highest BCUT2D eigenvalue weighted by Crippen LogP contribution is 2.33. The minimum atomic E-state index is -1.17. The summed E-state index contributed by atoms with van der Waals surface area (Å²) in [4.78, 5) is 28.7. The Morgan fingerprint density at radius 1 is 1.30 bits per heavy atom. The number of para-hydroxylation sites is 2. The molecule has 0 aliphatic carbocycles. The molecule has 1 amide bonds. The van der Waals surface area contributed by atoms with Gasteiger partial charge in [0.1, 0.15) is 5.82 Å². The van der Waals surface area contributed by atoms with Gasteiger partial charge >= 0.3 is 5.97 Å². The van der Waals surface area contributed by atoms with Gasteiger partial charge in [-0.2, -0.15) is 0 Å². The SMILES string of the molecule is CCOC(=O)c1cn2c(n1)CN(C(=O)C(Cl)Cl)c1ccccc1-2. The van der Waals surface area contributed by atoms with Crippen LogP contribution < -0.4 is 4.90 Å². The molecule has 0 radical (unpaired) electrons. The van der Waals surface area contributed by atoms with Gasteiger partial charge in [0.2, 0.25) is 0 Å². The van der Waals surface area contributed by atoms with Gasteiger partial charge in [-0.3, -0.25) is 9.36 Å². The van der Waals surface area contributed by atoms with Crippen LogP contribution in [0.1, 0.15) is 23.2 Å². The lowest BCUT2D eigenvalue weighted by atomic mass is 10.2. The number of aromatic nitrogens is 2. The molecule has 0 fully saturated rings. The lowest BCUT2D eigenvalue weighted by molar-refractivity contribution is -0.117. The molecular weight excluding hydrogens is 341 g/mol. The molecule has 1 aromatic carbocycles. The van der Waals surface area contributed by atoms with Gasteiger partial charge in [-0.15, -0.1) is 0 Å². The maximum Gasteiger partial charge on any atom is 0.358 e. The van der Waals surface area contributed by atoms with E-state index in [2.05, 4.69) is 4.98 Å². The summed E-state index contributed by atoms with van der Waals surface area (Å²) in [6.07, 6.45) is 1.60. The van der Waals surface area contributed by atoms with E-state index in [4.69, 9.17) is 27.9 Å². The van der Waals surface area contributed by atoms with Crippen LogP contribution in [-0.2, 0) is 16.1 Å². The van der Waals surface area contributed by atoms with E-state index in [1.54, 1.807) is 23.8 Å². The number of carbonyl (C=O) groups is 2. The first-order valence-electron chi connectivity index (χ1n) is 6.97. The molecule has 2 aromatic rings. The number of esters is 1. The average molecular weight is 354 g/mol. The molecule has 120 valence electrons. The van der Waals surface area contributed by atoms with Gasteiger partial charge in [0.05, 0.1) is 24.5 Å². The maximum atomic E-state index is 12.2. The number of halogens is 2. The number of imidazole rings is 1. The summed E-state index contributed by atoms with van der Waals surface area (Å²) in [5, 5.41) is 0. The molecule has 2 heterocycles. The quantitative estimate of drug-likeness (QED) is 0.628. The second-order valence-corrected chi connectivity index (χ2v) is 5.94. The first-order chi connectivity index (χ1) is 11.0. The van der Waals surface area contributed by atoms with Crippen LogP contribution >= 0.6 is 23.2 Å². The van der Waals surface area contributed by atoms with Crippen LogP contribution in [0.5, 0.6) is 0 Å². The van der Waals surface area contributed by atoms with Crippen LogP contribution in [0, 0.1) is 0 Å². The lowest BCUT2D eigenvalue weighted by Gasteiger charge is -2.30. The molecule has 3 rings (SSSR count). The van der Waals surface area contributed by atoms with E-state index in [0.717, 1.165) is 5.69 Å². The number of fused-ring (bicyclic) bond motifs is 3. The Bertz CT molecular complexity index is 773. The second-order valence-electron chi connectivity index (χ2n) is 4.85. The molecule has 1 aromatic heterocycles. The number of hydrogen-bond donors (Lipinski definition) is 0. The highest BCUT2D eigenvalue weighted by molar-refractivity contribution is 6.54. The number of amides is 1. The van der Waals surface area contributed by atoms with Crippen molar-refractivity contribution in [3.8, 4) is 5.69 Å². The van der Waals surface area contributed by atoms with Crippen molar-refractivity contribution in [2.24, 2.45) is 0 Å². The van der Waals surface area contributed by atoms with Gasteiger partial charge in [-0.1, -0.05) is 35.3 Å². The Hall–Kier alpha value is -2.05. The van der Waals surface area contributed by atoms with Crippen LogP contribution in [0.3, 0.4) is 0 Å². The Kier molecular flexibility index (Phi) is 4.28. The molecule has 0 N–H and O–H groups in total. The van der Waals surface area contributed by atoms with Crippen molar-refractivity contribution >= 4 is 40.8 Å². The fourth-order valence-electron chi connectivity index (χ4n) is 2.48. The zero-order chi connectivity index (χ0) is 16.6. The van der Waals surface area contributed by atoms with Gasteiger partial charge in [0.25, 0.3) is 5.91 Å². The lowest BCUT2D eigenvalue weighted by Crippen LogP contribution is -2.38. The summed E-state index contributed by atoms with van der Waals surface area (Å²) in [6, 6.07) is 7.26. The summed E-state index contributed by atoms with van der Waals surface area (Å²) in [7, 11) is 0. The van der Waals surface area contributed by atoms with Gasteiger partial charge in [0, 0.05) is 6.20 Å². The maximum absolute atomic E-state index is 12.2. The van der Waals surface area contributed by atoms with Gasteiger partial charge in [-0.25, -0.2) is 9.78 Å². The molecule has 0 bridgehead atoms. The van der Waals surface area contributed by atoms with Crippen molar-refractivity contribution < 1.29 is 14.3 Å². The highest BCUT2D eigenvalue weighted by atomic mass is 35.5. The van der Waals surface area contributed by atoms with Crippen LogP contribution in [-0.4, -0.2) is 32.9 Å². The summed E-state index contributed by atoms with van der Waals surface area (Å²) >= 11 is 11.4. The Balaban J connectivity index is 2.07. The molecular formula is C15H13Cl2N3O3. The number of nitrogens with zero attached hydrogens (tertiary/aromatic N) is 3. The van der Waals surface area contributed by atoms with E-state index in [1.165, 1.54) is 4.90 Å². The van der Waals surface area contributed by atoms with Crippen molar-refractivity contribution in [2.75, 3.05) is 11.5 Å². The number of ether oxygens (including phenoxy) is 1. The van der Waals surface area contributed by atoms with E-state index in [9.17, 15) is 9.59 Å². The van der Waals surface area contributed by atoms with E-state index in [-0.39, 0.29) is 18.8 Å². The zero-order valence-electron chi connectivity index (χ0n) is 12.2. The van der Waals surface area contributed by atoms with Crippen LogP contribution in [0.2, 0.25) is 0 Å². The van der Waals surface area contributed by atoms with Crippen molar-refractivity contribution in [1.82, 2.24) is 9.55 Å². The van der Waals surface area contributed by atoms with E-state index in [1.807, 2.05) is 18.2 Å².